The largest absolute Gasteiger partial charge is 0.356 e. The highest BCUT2D eigenvalue weighted by Crippen LogP contribution is 2.38. The van der Waals surface area contributed by atoms with Gasteiger partial charge >= 0.3 is 0 Å². The standard InChI is InChI=1S/C28H32FN3O3/c29-28-21-10-2-1-9-20(21)23(19-30)27(24-14-15-31-32(24)25-12-4-7-16-33-25)22(28)11-3-6-17-34-26-13-5-8-18-35-26/h1-2,9-10,14-15,25-26H,3-8,11-13,16-18H2. The van der Waals surface area contributed by atoms with Crippen LogP contribution >= 0.6 is 0 Å². The van der Waals surface area contributed by atoms with E-state index in [1.54, 1.807) is 12.3 Å². The van der Waals surface area contributed by atoms with E-state index in [0.29, 0.717) is 47.1 Å². The van der Waals surface area contributed by atoms with Gasteiger partial charge in [-0.05, 0) is 69.4 Å². The van der Waals surface area contributed by atoms with Crippen molar-refractivity contribution in [2.75, 3.05) is 19.8 Å². The molecule has 184 valence electrons. The fraction of sp³-hybridized carbons (Fsp3) is 0.500. The lowest BCUT2D eigenvalue weighted by Gasteiger charge is -2.26. The first-order valence-corrected chi connectivity index (χ1v) is 12.8. The van der Waals surface area contributed by atoms with Gasteiger partial charge in [-0.25, -0.2) is 9.07 Å². The van der Waals surface area contributed by atoms with Crippen molar-refractivity contribution in [2.45, 2.75) is 70.3 Å². The molecular weight excluding hydrogens is 445 g/mol. The molecule has 0 amide bonds. The number of fused-ring (bicyclic) bond motifs is 1. The summed E-state index contributed by atoms with van der Waals surface area (Å²) in [5, 5.41) is 15.9. The molecule has 2 atom stereocenters. The molecule has 2 fully saturated rings. The monoisotopic (exact) mass is 477 g/mol. The van der Waals surface area contributed by atoms with Gasteiger partial charge in [0.05, 0.1) is 11.3 Å². The normalized spacial score (nSPS) is 20.7. The second-order valence-corrected chi connectivity index (χ2v) is 9.31. The van der Waals surface area contributed by atoms with Gasteiger partial charge in [0.2, 0.25) is 0 Å². The van der Waals surface area contributed by atoms with E-state index in [1.165, 1.54) is 0 Å². The molecule has 5 rings (SSSR count). The van der Waals surface area contributed by atoms with Crippen molar-refractivity contribution in [2.24, 2.45) is 0 Å². The average molecular weight is 478 g/mol. The first kappa shape index (κ1) is 23.9. The SMILES string of the molecule is N#Cc1c(-c2ccnn2C2CCCCO2)c(CCCCOC2CCCCO2)c(F)c2ccccc12. The van der Waals surface area contributed by atoms with E-state index in [-0.39, 0.29) is 18.3 Å². The van der Waals surface area contributed by atoms with Crippen LogP contribution in [0, 0.1) is 17.1 Å². The van der Waals surface area contributed by atoms with Crippen LogP contribution in [0.15, 0.2) is 36.5 Å². The third-order valence-electron chi connectivity index (χ3n) is 6.98. The van der Waals surface area contributed by atoms with Crippen molar-refractivity contribution in [1.82, 2.24) is 9.78 Å². The first-order chi connectivity index (χ1) is 17.3. The van der Waals surface area contributed by atoms with E-state index in [9.17, 15) is 5.26 Å². The Hall–Kier alpha value is -2.79. The van der Waals surface area contributed by atoms with E-state index >= 15 is 4.39 Å². The fourth-order valence-electron chi connectivity index (χ4n) is 5.20. The number of aromatic nitrogens is 2. The minimum absolute atomic E-state index is 0.119. The van der Waals surface area contributed by atoms with Crippen LogP contribution in [0.4, 0.5) is 4.39 Å². The Morgan fingerprint density at radius 2 is 1.83 bits per heavy atom. The smallest absolute Gasteiger partial charge is 0.157 e. The number of halogens is 1. The number of unbranched alkanes of at least 4 members (excludes halogenated alkanes) is 1. The molecule has 0 radical (unpaired) electrons. The molecule has 0 bridgehead atoms. The second kappa shape index (κ2) is 11.3. The lowest BCUT2D eigenvalue weighted by Crippen LogP contribution is -2.22. The maximum absolute atomic E-state index is 16.0. The minimum atomic E-state index is -0.261. The summed E-state index contributed by atoms with van der Waals surface area (Å²) in [5.74, 6) is -0.261. The Morgan fingerprint density at radius 1 is 1.03 bits per heavy atom. The molecule has 0 aliphatic carbocycles. The van der Waals surface area contributed by atoms with Gasteiger partial charge in [0.25, 0.3) is 0 Å². The highest BCUT2D eigenvalue weighted by molar-refractivity contribution is 5.96. The zero-order chi connectivity index (χ0) is 24.0. The van der Waals surface area contributed by atoms with Gasteiger partial charge in [0.15, 0.2) is 12.5 Å². The summed E-state index contributed by atoms with van der Waals surface area (Å²) >= 11 is 0. The molecule has 3 aromatic rings. The quantitative estimate of drug-likeness (QED) is 0.357. The molecule has 35 heavy (non-hydrogen) atoms. The lowest BCUT2D eigenvalue weighted by molar-refractivity contribution is -0.162. The summed E-state index contributed by atoms with van der Waals surface area (Å²) < 4.78 is 35.3. The van der Waals surface area contributed by atoms with E-state index < -0.39 is 0 Å². The van der Waals surface area contributed by atoms with Crippen molar-refractivity contribution in [3.05, 3.63) is 53.5 Å². The van der Waals surface area contributed by atoms with E-state index in [0.717, 1.165) is 63.7 Å². The fourth-order valence-corrected chi connectivity index (χ4v) is 5.20. The molecule has 0 N–H and O–H groups in total. The number of rotatable bonds is 8. The molecule has 2 aromatic carbocycles. The van der Waals surface area contributed by atoms with Crippen LogP contribution in [0.5, 0.6) is 0 Å². The maximum Gasteiger partial charge on any atom is 0.157 e. The predicted octanol–water partition coefficient (Wildman–Crippen LogP) is 6.28. The number of ether oxygens (including phenoxy) is 3. The topological polar surface area (TPSA) is 69.3 Å². The molecule has 0 saturated carbocycles. The summed E-state index contributed by atoms with van der Waals surface area (Å²) in [4.78, 5) is 0. The van der Waals surface area contributed by atoms with Crippen molar-refractivity contribution in [3.8, 4) is 17.3 Å². The van der Waals surface area contributed by atoms with Gasteiger partial charge < -0.3 is 14.2 Å². The minimum Gasteiger partial charge on any atom is -0.356 e. The van der Waals surface area contributed by atoms with Crippen LogP contribution in [0.1, 0.15) is 68.7 Å². The molecule has 2 saturated heterocycles. The Kier molecular flexibility index (Phi) is 7.72. The van der Waals surface area contributed by atoms with Crippen LogP contribution in [0.25, 0.3) is 22.0 Å². The molecule has 3 heterocycles. The molecule has 0 spiro atoms. The number of nitrogens with zero attached hydrogens (tertiary/aromatic N) is 3. The molecule has 2 unspecified atom stereocenters. The van der Waals surface area contributed by atoms with Crippen LogP contribution in [-0.4, -0.2) is 35.9 Å². The summed E-state index contributed by atoms with van der Waals surface area (Å²) in [7, 11) is 0. The van der Waals surface area contributed by atoms with Crippen LogP contribution in [0.3, 0.4) is 0 Å². The molecule has 2 aliphatic heterocycles. The average Bonchev–Trinajstić information content (AvgIpc) is 3.40. The van der Waals surface area contributed by atoms with Crippen molar-refractivity contribution >= 4 is 10.8 Å². The number of hydrogen-bond donors (Lipinski definition) is 0. The summed E-state index contributed by atoms with van der Waals surface area (Å²) in [6.07, 6.45) is 9.52. The van der Waals surface area contributed by atoms with Crippen molar-refractivity contribution in [1.29, 1.82) is 5.26 Å². The van der Waals surface area contributed by atoms with Crippen molar-refractivity contribution in [3.63, 3.8) is 0 Å². The highest BCUT2D eigenvalue weighted by atomic mass is 19.1. The number of benzene rings is 2. The summed E-state index contributed by atoms with van der Waals surface area (Å²) in [6.45, 7) is 2.01. The number of hydrogen-bond acceptors (Lipinski definition) is 5. The Morgan fingerprint density at radius 3 is 2.57 bits per heavy atom. The lowest BCUT2D eigenvalue weighted by atomic mass is 9.89. The van der Waals surface area contributed by atoms with Crippen LogP contribution in [-0.2, 0) is 20.6 Å². The van der Waals surface area contributed by atoms with E-state index in [4.69, 9.17) is 14.2 Å². The summed E-state index contributed by atoms with van der Waals surface area (Å²) in [6, 6.07) is 11.5. The maximum atomic E-state index is 16.0. The second-order valence-electron chi connectivity index (χ2n) is 9.31. The Balaban J connectivity index is 1.46. The van der Waals surface area contributed by atoms with Crippen LogP contribution < -0.4 is 0 Å². The zero-order valence-electron chi connectivity index (χ0n) is 20.0. The van der Waals surface area contributed by atoms with E-state index in [2.05, 4.69) is 11.2 Å². The molecule has 1 aromatic heterocycles. The first-order valence-electron chi connectivity index (χ1n) is 12.8. The van der Waals surface area contributed by atoms with Crippen LogP contribution in [0.2, 0.25) is 0 Å². The zero-order valence-corrected chi connectivity index (χ0v) is 20.0. The molecule has 6 nitrogen and oxygen atoms in total. The Bertz CT molecular complexity index is 1190. The van der Waals surface area contributed by atoms with Crippen molar-refractivity contribution < 1.29 is 18.6 Å². The van der Waals surface area contributed by atoms with Gasteiger partial charge in [0, 0.05) is 42.4 Å². The summed E-state index contributed by atoms with van der Waals surface area (Å²) in [5.41, 5.74) is 2.42. The van der Waals surface area contributed by atoms with Gasteiger partial charge in [0.1, 0.15) is 11.9 Å². The molecular formula is C28H32FN3O3. The molecule has 2 aliphatic rings. The molecule has 7 heteroatoms. The van der Waals surface area contributed by atoms with Gasteiger partial charge in [-0.2, -0.15) is 10.4 Å². The van der Waals surface area contributed by atoms with E-state index in [1.807, 2.05) is 28.9 Å². The van der Waals surface area contributed by atoms with Gasteiger partial charge in [-0.15, -0.1) is 0 Å². The third-order valence-corrected chi connectivity index (χ3v) is 6.98. The van der Waals surface area contributed by atoms with Gasteiger partial charge in [-0.1, -0.05) is 24.3 Å². The highest BCUT2D eigenvalue weighted by Gasteiger charge is 2.26. The van der Waals surface area contributed by atoms with Gasteiger partial charge in [-0.3, -0.25) is 0 Å². The predicted molar refractivity (Wildman–Crippen MR) is 131 cm³/mol. The third kappa shape index (κ3) is 5.11. The Labute approximate surface area is 205 Å². The number of nitriles is 1.